The highest BCUT2D eigenvalue weighted by atomic mass is 16.5. The van der Waals surface area contributed by atoms with Crippen LogP contribution < -0.4 is 4.90 Å². The lowest BCUT2D eigenvalue weighted by Crippen LogP contribution is -2.50. The molecule has 0 unspecified atom stereocenters. The van der Waals surface area contributed by atoms with E-state index in [-0.39, 0.29) is 17.7 Å². The number of fused-ring (bicyclic) bond motifs is 1. The second-order valence-corrected chi connectivity index (χ2v) is 10.0. The van der Waals surface area contributed by atoms with Crippen LogP contribution in [0.3, 0.4) is 0 Å². The molecule has 2 saturated heterocycles. The summed E-state index contributed by atoms with van der Waals surface area (Å²) in [5.74, 6) is 0.815. The minimum Gasteiger partial charge on any atom is -0.372 e. The second kappa shape index (κ2) is 9.72. The Bertz CT molecular complexity index is 1410. The molecule has 4 aromatic rings. The third-order valence-electron chi connectivity index (χ3n) is 7.54. The fourth-order valence-corrected chi connectivity index (χ4v) is 5.13. The molecule has 4 heterocycles. The third kappa shape index (κ3) is 4.69. The van der Waals surface area contributed by atoms with Crippen molar-refractivity contribution in [2.24, 2.45) is 5.92 Å². The number of piperidine rings is 1. The van der Waals surface area contributed by atoms with E-state index in [1.165, 1.54) is 18.5 Å². The van der Waals surface area contributed by atoms with Crippen molar-refractivity contribution in [2.45, 2.75) is 19.8 Å². The summed E-state index contributed by atoms with van der Waals surface area (Å²) in [6.07, 6.45) is 4.28. The molecule has 190 valence electrons. The predicted octanol–water partition coefficient (Wildman–Crippen LogP) is 4.05. The molecular formula is C28H30N6O3. The fraction of sp³-hybridized carbons (Fsp3) is 0.357. The van der Waals surface area contributed by atoms with Crippen molar-refractivity contribution in [3.05, 3.63) is 66.2 Å². The van der Waals surface area contributed by atoms with Crippen molar-refractivity contribution in [3.8, 4) is 11.4 Å². The maximum atomic E-state index is 13.0. The summed E-state index contributed by atoms with van der Waals surface area (Å²) in [7, 11) is 0. The van der Waals surface area contributed by atoms with E-state index in [2.05, 4.69) is 39.1 Å². The number of anilines is 1. The van der Waals surface area contributed by atoms with Crippen LogP contribution in [0.5, 0.6) is 0 Å². The number of carbonyl (C=O) groups excluding carboxylic acids is 2. The van der Waals surface area contributed by atoms with Gasteiger partial charge in [-0.25, -0.2) is 0 Å². The van der Waals surface area contributed by atoms with Gasteiger partial charge in [0.1, 0.15) is 0 Å². The number of aromatic amines is 1. The number of H-pyrrole nitrogens is 1. The van der Waals surface area contributed by atoms with Gasteiger partial charge in [0, 0.05) is 67.8 Å². The zero-order valence-corrected chi connectivity index (χ0v) is 20.9. The van der Waals surface area contributed by atoms with Gasteiger partial charge in [-0.15, -0.1) is 0 Å². The van der Waals surface area contributed by atoms with Crippen molar-refractivity contribution < 1.29 is 14.1 Å². The van der Waals surface area contributed by atoms with E-state index in [0.29, 0.717) is 37.6 Å². The molecule has 2 aromatic carbocycles. The lowest BCUT2D eigenvalue weighted by Gasteiger charge is -2.34. The number of amides is 2. The number of nitrogens with zero attached hydrogens (tertiary/aromatic N) is 5. The standard InChI is InChI=1S/C28H30N6O3/c1-19-9-12-32(13-10-19)23-6-4-21(5-7-23)25-30-26(37-31-25)28(36)34-16-14-33(15-17-34)27(35)22-3-2-20-8-11-29-24(20)18-22/h2-8,11,18-19,29H,9-10,12-17H2,1H3. The Kier molecular flexibility index (Phi) is 6.12. The summed E-state index contributed by atoms with van der Waals surface area (Å²) in [4.78, 5) is 39.3. The van der Waals surface area contributed by atoms with E-state index >= 15 is 0 Å². The maximum absolute atomic E-state index is 13.0. The minimum absolute atomic E-state index is 0.0268. The molecule has 37 heavy (non-hydrogen) atoms. The summed E-state index contributed by atoms with van der Waals surface area (Å²) in [5.41, 5.74) is 3.57. The van der Waals surface area contributed by atoms with Crippen molar-refractivity contribution in [1.29, 1.82) is 0 Å². The van der Waals surface area contributed by atoms with Gasteiger partial charge >= 0.3 is 11.8 Å². The van der Waals surface area contributed by atoms with Crippen LogP contribution >= 0.6 is 0 Å². The Morgan fingerprint density at radius 3 is 2.32 bits per heavy atom. The molecule has 9 heteroatoms. The van der Waals surface area contributed by atoms with Crippen molar-refractivity contribution in [3.63, 3.8) is 0 Å². The largest absolute Gasteiger partial charge is 0.372 e. The molecule has 2 amide bonds. The van der Waals surface area contributed by atoms with Gasteiger partial charge in [-0.3, -0.25) is 9.59 Å². The van der Waals surface area contributed by atoms with E-state index in [1.807, 2.05) is 42.6 Å². The Morgan fingerprint density at radius 1 is 0.892 bits per heavy atom. The predicted molar refractivity (Wildman–Crippen MR) is 140 cm³/mol. The average molecular weight is 499 g/mol. The van der Waals surface area contributed by atoms with Crippen LogP contribution in [0.2, 0.25) is 0 Å². The van der Waals surface area contributed by atoms with Gasteiger partial charge in [-0.05, 0) is 66.6 Å². The van der Waals surface area contributed by atoms with Gasteiger partial charge < -0.3 is 24.2 Å². The Balaban J connectivity index is 1.06. The van der Waals surface area contributed by atoms with Crippen LogP contribution in [0.1, 0.15) is 40.8 Å². The van der Waals surface area contributed by atoms with Crippen molar-refractivity contribution in [2.75, 3.05) is 44.2 Å². The first-order chi connectivity index (χ1) is 18.0. The van der Waals surface area contributed by atoms with Crippen LogP contribution in [0.4, 0.5) is 5.69 Å². The molecule has 2 aromatic heterocycles. The highest BCUT2D eigenvalue weighted by molar-refractivity contribution is 5.98. The number of nitrogens with one attached hydrogen (secondary N) is 1. The molecule has 0 radical (unpaired) electrons. The molecule has 6 rings (SSSR count). The van der Waals surface area contributed by atoms with Crippen LogP contribution in [0, 0.1) is 5.92 Å². The SMILES string of the molecule is CC1CCN(c2ccc(-c3noc(C(=O)N4CCN(C(=O)c5ccc6cc[nH]c6c5)CC4)n3)cc2)CC1. The number of rotatable bonds is 4. The first-order valence-electron chi connectivity index (χ1n) is 12.9. The minimum atomic E-state index is -0.308. The smallest absolute Gasteiger partial charge is 0.316 e. The van der Waals surface area contributed by atoms with Gasteiger partial charge in [-0.1, -0.05) is 18.1 Å². The maximum Gasteiger partial charge on any atom is 0.316 e. The van der Waals surface area contributed by atoms with Gasteiger partial charge in [-0.2, -0.15) is 4.98 Å². The molecule has 2 aliphatic heterocycles. The second-order valence-electron chi connectivity index (χ2n) is 10.0. The third-order valence-corrected chi connectivity index (χ3v) is 7.54. The van der Waals surface area contributed by atoms with Gasteiger partial charge in [0.25, 0.3) is 5.91 Å². The monoisotopic (exact) mass is 498 g/mol. The number of hydrogen-bond donors (Lipinski definition) is 1. The molecule has 0 bridgehead atoms. The van der Waals surface area contributed by atoms with E-state index in [1.54, 1.807) is 9.80 Å². The van der Waals surface area contributed by atoms with Crippen LogP contribution in [-0.4, -0.2) is 76.0 Å². The van der Waals surface area contributed by atoms with Gasteiger partial charge in [0.15, 0.2) is 0 Å². The zero-order valence-electron chi connectivity index (χ0n) is 20.9. The lowest BCUT2D eigenvalue weighted by molar-refractivity contribution is 0.0508. The summed E-state index contributed by atoms with van der Waals surface area (Å²) in [6, 6.07) is 15.7. The molecule has 2 aliphatic rings. The van der Waals surface area contributed by atoms with E-state index in [9.17, 15) is 9.59 Å². The molecule has 0 saturated carbocycles. The van der Waals surface area contributed by atoms with E-state index in [0.717, 1.165) is 35.5 Å². The fourth-order valence-electron chi connectivity index (χ4n) is 5.13. The number of hydrogen-bond acceptors (Lipinski definition) is 6. The summed E-state index contributed by atoms with van der Waals surface area (Å²) in [6.45, 7) is 6.17. The van der Waals surface area contributed by atoms with Crippen molar-refractivity contribution >= 4 is 28.4 Å². The molecular weight excluding hydrogens is 468 g/mol. The normalized spacial score (nSPS) is 16.9. The van der Waals surface area contributed by atoms with Crippen LogP contribution in [-0.2, 0) is 0 Å². The lowest BCUT2D eigenvalue weighted by atomic mass is 9.98. The summed E-state index contributed by atoms with van der Waals surface area (Å²) in [5, 5.41) is 5.11. The van der Waals surface area contributed by atoms with Crippen molar-refractivity contribution in [1.82, 2.24) is 24.9 Å². The molecule has 1 N–H and O–H groups in total. The highest BCUT2D eigenvalue weighted by Crippen LogP contribution is 2.26. The number of carbonyl (C=O) groups is 2. The number of aromatic nitrogens is 3. The van der Waals surface area contributed by atoms with Gasteiger partial charge in [0.2, 0.25) is 5.82 Å². The van der Waals surface area contributed by atoms with Crippen LogP contribution in [0.25, 0.3) is 22.3 Å². The first kappa shape index (κ1) is 23.3. The summed E-state index contributed by atoms with van der Waals surface area (Å²) < 4.78 is 5.32. The number of piperazine rings is 1. The Morgan fingerprint density at radius 2 is 1.59 bits per heavy atom. The van der Waals surface area contributed by atoms with Gasteiger partial charge in [0.05, 0.1) is 0 Å². The average Bonchev–Trinajstić information content (AvgIpc) is 3.63. The Labute approximate surface area is 215 Å². The topological polar surface area (TPSA) is 98.6 Å². The molecule has 2 fully saturated rings. The summed E-state index contributed by atoms with van der Waals surface area (Å²) >= 11 is 0. The van der Waals surface area contributed by atoms with Crippen LogP contribution in [0.15, 0.2) is 59.3 Å². The number of benzene rings is 2. The molecule has 0 spiro atoms. The Hall–Kier alpha value is -4.14. The molecule has 0 atom stereocenters. The quantitative estimate of drug-likeness (QED) is 0.456. The van der Waals surface area contributed by atoms with E-state index in [4.69, 9.17) is 4.52 Å². The van der Waals surface area contributed by atoms with E-state index < -0.39 is 0 Å². The molecule has 9 nitrogen and oxygen atoms in total. The first-order valence-corrected chi connectivity index (χ1v) is 12.9. The molecule has 0 aliphatic carbocycles. The zero-order chi connectivity index (χ0) is 25.4. The highest BCUT2D eigenvalue weighted by Gasteiger charge is 2.29.